The molecule has 1 unspecified atom stereocenters. The first-order valence-electron chi connectivity index (χ1n) is 5.67. The largest absolute Gasteiger partial charge is 0.375 e. The van der Waals surface area contributed by atoms with Crippen molar-refractivity contribution in [1.29, 1.82) is 0 Å². The maximum Gasteiger partial charge on any atom is 0.220 e. The smallest absolute Gasteiger partial charge is 0.220 e. The summed E-state index contributed by atoms with van der Waals surface area (Å²) >= 11 is 0. The number of carbonyl (C=O) groups excluding carboxylic acids is 1. The summed E-state index contributed by atoms with van der Waals surface area (Å²) in [6.07, 6.45) is 3.10. The normalized spacial score (nSPS) is 24.9. The molecule has 0 spiro atoms. The van der Waals surface area contributed by atoms with Gasteiger partial charge in [-0.05, 0) is 39.7 Å². The Bertz CT molecular complexity index is 217. The molecule has 0 aromatic heterocycles. The maximum absolute atomic E-state index is 11.5. The van der Waals surface area contributed by atoms with Crippen LogP contribution in [0.15, 0.2) is 0 Å². The fourth-order valence-corrected chi connectivity index (χ4v) is 1.92. The van der Waals surface area contributed by atoms with E-state index in [1.54, 1.807) is 0 Å². The van der Waals surface area contributed by atoms with Crippen molar-refractivity contribution in [3.05, 3.63) is 0 Å². The van der Waals surface area contributed by atoms with Gasteiger partial charge in [-0.3, -0.25) is 4.79 Å². The maximum atomic E-state index is 11.5. The lowest BCUT2D eigenvalue weighted by Crippen LogP contribution is -2.45. The first-order valence-corrected chi connectivity index (χ1v) is 5.67. The predicted octanol–water partition coefficient (Wildman–Crippen LogP) is 0.799. The number of carbonyl (C=O) groups is 1. The fourth-order valence-electron chi connectivity index (χ4n) is 1.92. The summed E-state index contributed by atoms with van der Waals surface area (Å²) in [5.41, 5.74) is 5.25. The number of nitrogens with one attached hydrogen (secondary N) is 1. The minimum Gasteiger partial charge on any atom is -0.375 e. The van der Waals surface area contributed by atoms with Crippen molar-refractivity contribution in [2.75, 3.05) is 13.2 Å². The minimum atomic E-state index is -0.107. The van der Waals surface area contributed by atoms with Crippen molar-refractivity contribution in [3.8, 4) is 0 Å². The summed E-state index contributed by atoms with van der Waals surface area (Å²) in [7, 11) is 0. The van der Waals surface area contributed by atoms with E-state index in [-0.39, 0.29) is 17.6 Å². The summed E-state index contributed by atoms with van der Waals surface area (Å²) in [5, 5.41) is 3.03. The summed E-state index contributed by atoms with van der Waals surface area (Å²) in [6, 6.07) is 0.263. The average Bonchev–Trinajstić information content (AvgIpc) is 2.13. The van der Waals surface area contributed by atoms with E-state index in [4.69, 9.17) is 10.5 Å². The van der Waals surface area contributed by atoms with Crippen LogP contribution >= 0.6 is 0 Å². The van der Waals surface area contributed by atoms with Crippen LogP contribution in [0.25, 0.3) is 0 Å². The molecule has 0 aromatic rings. The molecule has 1 amide bonds. The van der Waals surface area contributed by atoms with Gasteiger partial charge in [0.05, 0.1) is 5.60 Å². The third-order valence-electron chi connectivity index (χ3n) is 2.67. The van der Waals surface area contributed by atoms with Gasteiger partial charge in [0, 0.05) is 19.1 Å². The van der Waals surface area contributed by atoms with E-state index >= 15 is 0 Å². The molecule has 1 atom stereocenters. The number of hydrogen-bond acceptors (Lipinski definition) is 3. The van der Waals surface area contributed by atoms with E-state index < -0.39 is 0 Å². The van der Waals surface area contributed by atoms with Gasteiger partial charge in [0.25, 0.3) is 0 Å². The van der Waals surface area contributed by atoms with E-state index in [1.807, 2.05) is 0 Å². The van der Waals surface area contributed by atoms with Gasteiger partial charge in [-0.2, -0.15) is 0 Å². The Labute approximate surface area is 91.5 Å². The number of amides is 1. The van der Waals surface area contributed by atoms with Crippen molar-refractivity contribution in [2.24, 2.45) is 5.73 Å². The summed E-state index contributed by atoms with van der Waals surface area (Å²) in [4.78, 5) is 11.5. The van der Waals surface area contributed by atoms with Gasteiger partial charge in [-0.1, -0.05) is 0 Å². The van der Waals surface area contributed by atoms with Crippen molar-refractivity contribution < 1.29 is 9.53 Å². The standard InChI is InChI=1S/C11H22N2O2/c1-11(2)8-9(5-7-15-11)13-10(14)4-3-6-12/h9H,3-8,12H2,1-2H3,(H,13,14). The van der Waals surface area contributed by atoms with Crippen LogP contribution < -0.4 is 11.1 Å². The highest BCUT2D eigenvalue weighted by atomic mass is 16.5. The molecule has 3 N–H and O–H groups in total. The summed E-state index contributed by atoms with van der Waals surface area (Å²) < 4.78 is 5.59. The molecule has 4 heteroatoms. The SMILES string of the molecule is CC1(C)CC(NC(=O)CCCN)CCO1. The second-order valence-electron chi connectivity index (χ2n) is 4.76. The third kappa shape index (κ3) is 4.62. The van der Waals surface area contributed by atoms with Crippen LogP contribution in [0.4, 0.5) is 0 Å². The number of nitrogens with two attached hydrogens (primary N) is 1. The van der Waals surface area contributed by atoms with E-state index in [0.29, 0.717) is 13.0 Å². The van der Waals surface area contributed by atoms with Gasteiger partial charge in [-0.25, -0.2) is 0 Å². The monoisotopic (exact) mass is 214 g/mol. The molecule has 1 fully saturated rings. The van der Waals surface area contributed by atoms with Crippen LogP contribution in [0.3, 0.4) is 0 Å². The van der Waals surface area contributed by atoms with Gasteiger partial charge in [0.15, 0.2) is 0 Å². The van der Waals surface area contributed by atoms with Crippen LogP contribution in [-0.4, -0.2) is 30.7 Å². The highest BCUT2D eigenvalue weighted by molar-refractivity contribution is 5.76. The number of hydrogen-bond donors (Lipinski definition) is 2. The molecule has 1 aliphatic rings. The van der Waals surface area contributed by atoms with Gasteiger partial charge < -0.3 is 15.8 Å². The molecule has 0 radical (unpaired) electrons. The van der Waals surface area contributed by atoms with Crippen molar-refractivity contribution in [2.45, 2.75) is 51.2 Å². The van der Waals surface area contributed by atoms with E-state index in [2.05, 4.69) is 19.2 Å². The summed E-state index contributed by atoms with van der Waals surface area (Å²) in [6.45, 7) is 5.43. The Morgan fingerprint density at radius 2 is 2.33 bits per heavy atom. The predicted molar refractivity (Wildman–Crippen MR) is 59.5 cm³/mol. The molecule has 1 heterocycles. The van der Waals surface area contributed by atoms with Crippen molar-refractivity contribution in [3.63, 3.8) is 0 Å². The molecule has 0 aromatic carbocycles. The van der Waals surface area contributed by atoms with Crippen LogP contribution in [0.1, 0.15) is 39.5 Å². The highest BCUT2D eigenvalue weighted by Gasteiger charge is 2.29. The van der Waals surface area contributed by atoms with Crippen molar-refractivity contribution in [1.82, 2.24) is 5.32 Å². The molecular weight excluding hydrogens is 192 g/mol. The Morgan fingerprint density at radius 1 is 1.60 bits per heavy atom. The third-order valence-corrected chi connectivity index (χ3v) is 2.67. The molecule has 1 aliphatic heterocycles. The zero-order valence-electron chi connectivity index (χ0n) is 9.71. The van der Waals surface area contributed by atoms with E-state index in [0.717, 1.165) is 25.9 Å². The highest BCUT2D eigenvalue weighted by Crippen LogP contribution is 2.23. The molecule has 15 heavy (non-hydrogen) atoms. The lowest BCUT2D eigenvalue weighted by atomic mass is 9.94. The van der Waals surface area contributed by atoms with Gasteiger partial charge >= 0.3 is 0 Å². The van der Waals surface area contributed by atoms with E-state index in [1.165, 1.54) is 0 Å². The molecule has 4 nitrogen and oxygen atoms in total. The Morgan fingerprint density at radius 3 is 2.93 bits per heavy atom. The van der Waals surface area contributed by atoms with Gasteiger partial charge in [0.2, 0.25) is 5.91 Å². The van der Waals surface area contributed by atoms with Crippen LogP contribution in [0.2, 0.25) is 0 Å². The molecule has 0 aliphatic carbocycles. The second-order valence-corrected chi connectivity index (χ2v) is 4.76. The number of rotatable bonds is 4. The average molecular weight is 214 g/mol. The van der Waals surface area contributed by atoms with Gasteiger partial charge in [-0.15, -0.1) is 0 Å². The quantitative estimate of drug-likeness (QED) is 0.727. The first kappa shape index (κ1) is 12.5. The minimum absolute atomic E-state index is 0.107. The van der Waals surface area contributed by atoms with E-state index in [9.17, 15) is 4.79 Å². The van der Waals surface area contributed by atoms with Crippen LogP contribution in [0.5, 0.6) is 0 Å². The first-order chi connectivity index (χ1) is 7.03. The second kappa shape index (κ2) is 5.47. The Hall–Kier alpha value is -0.610. The molecule has 1 rings (SSSR count). The van der Waals surface area contributed by atoms with Crippen LogP contribution in [0, 0.1) is 0 Å². The number of ether oxygens (including phenoxy) is 1. The lowest BCUT2D eigenvalue weighted by Gasteiger charge is -2.35. The Kier molecular flexibility index (Phi) is 4.54. The Balaban J connectivity index is 2.28. The molecule has 0 saturated carbocycles. The molecular formula is C11H22N2O2. The van der Waals surface area contributed by atoms with Crippen LogP contribution in [-0.2, 0) is 9.53 Å². The fraction of sp³-hybridized carbons (Fsp3) is 0.909. The molecule has 88 valence electrons. The molecule has 1 saturated heterocycles. The molecule has 0 bridgehead atoms. The zero-order valence-corrected chi connectivity index (χ0v) is 9.71. The topological polar surface area (TPSA) is 64.4 Å². The van der Waals surface area contributed by atoms with Crippen molar-refractivity contribution >= 4 is 5.91 Å². The summed E-state index contributed by atoms with van der Waals surface area (Å²) in [5.74, 6) is 0.114. The lowest BCUT2D eigenvalue weighted by molar-refractivity contribution is -0.124. The van der Waals surface area contributed by atoms with Gasteiger partial charge in [0.1, 0.15) is 0 Å². The zero-order chi connectivity index (χ0) is 11.3.